The van der Waals surface area contributed by atoms with Crippen LogP contribution in [-0.4, -0.2) is 24.6 Å². The second-order valence-electron chi connectivity index (χ2n) is 5.91. The Balaban J connectivity index is 1.69. The first-order valence-corrected chi connectivity index (χ1v) is 8.14. The Labute approximate surface area is 145 Å². The molecule has 0 aliphatic heterocycles. The Hall–Kier alpha value is -3.28. The summed E-state index contributed by atoms with van der Waals surface area (Å²) in [6.07, 6.45) is 1.75. The van der Waals surface area contributed by atoms with Gasteiger partial charge >= 0.3 is 0 Å². The van der Waals surface area contributed by atoms with E-state index in [4.69, 9.17) is 0 Å². The Morgan fingerprint density at radius 3 is 2.44 bits per heavy atom. The molecule has 0 spiro atoms. The second-order valence-corrected chi connectivity index (χ2v) is 5.91. The van der Waals surface area contributed by atoms with E-state index in [1.54, 1.807) is 10.7 Å². The fraction of sp³-hybridized carbons (Fsp3) is 0.158. The van der Waals surface area contributed by atoms with E-state index in [0.717, 1.165) is 39.9 Å². The van der Waals surface area contributed by atoms with Crippen LogP contribution in [0.1, 0.15) is 17.2 Å². The molecule has 1 aromatic carbocycles. The largest absolute Gasteiger partial charge is 0.363 e. The van der Waals surface area contributed by atoms with Gasteiger partial charge in [0.15, 0.2) is 5.65 Å². The molecule has 0 saturated carbocycles. The zero-order valence-electron chi connectivity index (χ0n) is 14.1. The van der Waals surface area contributed by atoms with Crippen LogP contribution >= 0.6 is 0 Å². The first kappa shape index (κ1) is 15.3. The average Bonchev–Trinajstić information content (AvgIpc) is 3.08. The highest BCUT2D eigenvalue weighted by Crippen LogP contribution is 2.22. The third-order valence-electron chi connectivity index (χ3n) is 3.89. The number of nitrogens with zero attached hydrogens (tertiary/aromatic N) is 5. The molecule has 0 saturated heterocycles. The number of hydrogen-bond donors (Lipinski definition) is 1. The lowest BCUT2D eigenvalue weighted by Gasteiger charge is -2.11. The number of aromatic nitrogens is 5. The van der Waals surface area contributed by atoms with Crippen molar-refractivity contribution in [2.75, 3.05) is 5.32 Å². The van der Waals surface area contributed by atoms with Crippen LogP contribution in [0.2, 0.25) is 0 Å². The number of benzene rings is 1. The molecule has 6 nitrogen and oxygen atoms in total. The van der Waals surface area contributed by atoms with Gasteiger partial charge in [-0.25, -0.2) is 15.0 Å². The molecule has 0 aliphatic carbocycles. The van der Waals surface area contributed by atoms with Gasteiger partial charge in [0.05, 0.1) is 18.4 Å². The van der Waals surface area contributed by atoms with E-state index in [0.29, 0.717) is 6.54 Å². The standard InChI is InChI=1S/C19H18N6/c1-13-10-14(2)23-17(22-13)12-20-19-11-16(15-6-4-3-5-7-15)24-18-8-9-21-25(18)19/h3-11,20H,12H2,1-2H3. The van der Waals surface area contributed by atoms with Crippen molar-refractivity contribution < 1.29 is 0 Å². The molecular formula is C19H18N6. The number of nitrogens with one attached hydrogen (secondary N) is 1. The smallest absolute Gasteiger partial charge is 0.157 e. The molecule has 3 heterocycles. The first-order chi connectivity index (χ1) is 12.2. The Bertz CT molecular complexity index is 1000. The van der Waals surface area contributed by atoms with Crippen LogP contribution in [-0.2, 0) is 6.54 Å². The molecule has 0 bridgehead atoms. The third-order valence-corrected chi connectivity index (χ3v) is 3.89. The average molecular weight is 330 g/mol. The molecule has 3 aromatic heterocycles. The molecule has 4 rings (SSSR count). The molecule has 4 aromatic rings. The maximum absolute atomic E-state index is 4.68. The van der Waals surface area contributed by atoms with Crippen LogP contribution in [0.25, 0.3) is 16.9 Å². The normalized spacial score (nSPS) is 11.0. The maximum atomic E-state index is 4.68. The van der Waals surface area contributed by atoms with Gasteiger partial charge in [-0.1, -0.05) is 30.3 Å². The number of anilines is 1. The summed E-state index contributed by atoms with van der Waals surface area (Å²) >= 11 is 0. The fourth-order valence-corrected chi connectivity index (χ4v) is 2.84. The SMILES string of the molecule is Cc1cc(C)nc(CNc2cc(-c3ccccc3)nc3ccnn23)n1. The van der Waals surface area contributed by atoms with Crippen molar-refractivity contribution in [3.05, 3.63) is 71.9 Å². The van der Waals surface area contributed by atoms with Gasteiger partial charge in [-0.05, 0) is 19.9 Å². The van der Waals surface area contributed by atoms with E-state index in [1.807, 2.05) is 62.4 Å². The number of hydrogen-bond acceptors (Lipinski definition) is 5. The van der Waals surface area contributed by atoms with Crippen LogP contribution in [0, 0.1) is 13.8 Å². The minimum Gasteiger partial charge on any atom is -0.363 e. The van der Waals surface area contributed by atoms with E-state index < -0.39 is 0 Å². The van der Waals surface area contributed by atoms with Crippen LogP contribution in [0.5, 0.6) is 0 Å². The molecule has 0 aliphatic rings. The summed E-state index contributed by atoms with van der Waals surface area (Å²) in [6.45, 7) is 4.48. The molecular weight excluding hydrogens is 312 g/mol. The highest BCUT2D eigenvalue weighted by molar-refractivity contribution is 5.66. The molecule has 1 N–H and O–H groups in total. The summed E-state index contributed by atoms with van der Waals surface area (Å²) in [5.74, 6) is 1.62. The van der Waals surface area contributed by atoms with Crippen molar-refractivity contribution in [2.24, 2.45) is 0 Å². The summed E-state index contributed by atoms with van der Waals surface area (Å²) in [7, 11) is 0. The van der Waals surface area contributed by atoms with Gasteiger partial charge in [-0.3, -0.25) is 0 Å². The third kappa shape index (κ3) is 3.19. The Morgan fingerprint density at radius 1 is 0.920 bits per heavy atom. The summed E-state index contributed by atoms with van der Waals surface area (Å²) in [4.78, 5) is 13.6. The molecule has 0 fully saturated rings. The Kier molecular flexibility index (Phi) is 3.85. The number of aryl methyl sites for hydroxylation is 2. The zero-order valence-corrected chi connectivity index (χ0v) is 14.1. The molecule has 6 heteroatoms. The lowest BCUT2D eigenvalue weighted by molar-refractivity contribution is 0.874. The van der Waals surface area contributed by atoms with Crippen LogP contribution < -0.4 is 5.32 Å². The quantitative estimate of drug-likeness (QED) is 0.621. The van der Waals surface area contributed by atoms with Crippen molar-refractivity contribution in [1.82, 2.24) is 24.6 Å². The second kappa shape index (κ2) is 6.32. The van der Waals surface area contributed by atoms with E-state index >= 15 is 0 Å². The van der Waals surface area contributed by atoms with Crippen molar-refractivity contribution >= 4 is 11.5 Å². The van der Waals surface area contributed by atoms with Crippen LogP contribution in [0.15, 0.2) is 54.7 Å². The van der Waals surface area contributed by atoms with Gasteiger partial charge in [0.1, 0.15) is 11.6 Å². The van der Waals surface area contributed by atoms with Gasteiger partial charge in [-0.2, -0.15) is 9.61 Å². The lowest BCUT2D eigenvalue weighted by Crippen LogP contribution is -2.10. The van der Waals surface area contributed by atoms with Gasteiger partial charge in [0, 0.05) is 29.1 Å². The van der Waals surface area contributed by atoms with Crippen LogP contribution in [0.4, 0.5) is 5.82 Å². The van der Waals surface area contributed by atoms with Gasteiger partial charge in [0.25, 0.3) is 0 Å². The van der Waals surface area contributed by atoms with Crippen molar-refractivity contribution in [3.8, 4) is 11.3 Å². The van der Waals surface area contributed by atoms with E-state index in [9.17, 15) is 0 Å². The summed E-state index contributed by atoms with van der Waals surface area (Å²) < 4.78 is 1.79. The first-order valence-electron chi connectivity index (χ1n) is 8.14. The minimum atomic E-state index is 0.524. The molecule has 0 radical (unpaired) electrons. The molecule has 25 heavy (non-hydrogen) atoms. The Morgan fingerprint density at radius 2 is 1.68 bits per heavy atom. The van der Waals surface area contributed by atoms with Gasteiger partial charge in [-0.15, -0.1) is 0 Å². The molecule has 0 amide bonds. The van der Waals surface area contributed by atoms with Crippen molar-refractivity contribution in [2.45, 2.75) is 20.4 Å². The summed E-state index contributed by atoms with van der Waals surface area (Å²) in [5, 5.41) is 7.74. The van der Waals surface area contributed by atoms with Crippen LogP contribution in [0.3, 0.4) is 0 Å². The summed E-state index contributed by atoms with van der Waals surface area (Å²) in [5.41, 5.74) is 4.70. The van der Waals surface area contributed by atoms with Crippen molar-refractivity contribution in [1.29, 1.82) is 0 Å². The zero-order chi connectivity index (χ0) is 17.2. The molecule has 124 valence electrons. The lowest BCUT2D eigenvalue weighted by atomic mass is 10.1. The fourth-order valence-electron chi connectivity index (χ4n) is 2.84. The van der Waals surface area contributed by atoms with E-state index in [-0.39, 0.29) is 0 Å². The molecule has 0 atom stereocenters. The monoisotopic (exact) mass is 330 g/mol. The number of fused-ring (bicyclic) bond motifs is 1. The summed E-state index contributed by atoms with van der Waals surface area (Å²) in [6, 6.07) is 16.0. The van der Waals surface area contributed by atoms with E-state index in [2.05, 4.69) is 25.4 Å². The van der Waals surface area contributed by atoms with Gasteiger partial charge in [0.2, 0.25) is 0 Å². The maximum Gasteiger partial charge on any atom is 0.157 e. The van der Waals surface area contributed by atoms with Gasteiger partial charge < -0.3 is 5.32 Å². The predicted octanol–water partition coefficient (Wildman–Crippen LogP) is 3.42. The molecule has 0 unspecified atom stereocenters. The van der Waals surface area contributed by atoms with E-state index in [1.165, 1.54) is 0 Å². The number of rotatable bonds is 4. The highest BCUT2D eigenvalue weighted by Gasteiger charge is 2.09. The predicted molar refractivity (Wildman–Crippen MR) is 97.3 cm³/mol. The van der Waals surface area contributed by atoms with Crippen molar-refractivity contribution in [3.63, 3.8) is 0 Å². The highest BCUT2D eigenvalue weighted by atomic mass is 15.3. The topological polar surface area (TPSA) is 68.0 Å². The minimum absolute atomic E-state index is 0.524.